The van der Waals surface area contributed by atoms with Gasteiger partial charge in [0.2, 0.25) is 0 Å². The molecule has 0 aromatic heterocycles. The zero-order valence-corrected chi connectivity index (χ0v) is 10.6. The minimum absolute atomic E-state index is 0.000191. The summed E-state index contributed by atoms with van der Waals surface area (Å²) in [5.41, 5.74) is 0. The molecule has 1 fully saturated rings. The van der Waals surface area contributed by atoms with Crippen LogP contribution in [0.15, 0.2) is 24.3 Å². The predicted molar refractivity (Wildman–Crippen MR) is 66.1 cm³/mol. The van der Waals surface area contributed by atoms with Crippen LogP contribution >= 0.6 is 0 Å². The molecular formula is C13H17FN2O2. The van der Waals surface area contributed by atoms with Crippen molar-refractivity contribution in [2.75, 3.05) is 27.2 Å². The molecule has 98 valence electrons. The number of halogens is 1. The number of rotatable bonds is 2. The average molecular weight is 252 g/mol. The van der Waals surface area contributed by atoms with Gasteiger partial charge in [0.15, 0.2) is 0 Å². The highest BCUT2D eigenvalue weighted by molar-refractivity contribution is 5.74. The summed E-state index contributed by atoms with van der Waals surface area (Å²) in [6, 6.07) is 5.94. The van der Waals surface area contributed by atoms with Crippen LogP contribution in [0.4, 0.5) is 9.18 Å². The Kier molecular flexibility index (Phi) is 3.69. The summed E-state index contributed by atoms with van der Waals surface area (Å²) in [7, 11) is 3.47. The number of nitrogens with zero attached hydrogens (tertiary/aromatic N) is 2. The highest BCUT2D eigenvalue weighted by Crippen LogP contribution is 2.19. The number of carbonyl (C=O) groups excluding carboxylic acids is 1. The number of benzene rings is 1. The summed E-state index contributed by atoms with van der Waals surface area (Å²) in [5, 5.41) is 0. The first-order valence-electron chi connectivity index (χ1n) is 5.94. The monoisotopic (exact) mass is 252 g/mol. The molecule has 2 rings (SSSR count). The van der Waals surface area contributed by atoms with Crippen LogP contribution < -0.4 is 4.74 Å². The van der Waals surface area contributed by atoms with Gasteiger partial charge < -0.3 is 14.5 Å². The Morgan fingerprint density at radius 1 is 1.39 bits per heavy atom. The lowest BCUT2D eigenvalue weighted by molar-refractivity contribution is 0.167. The number of likely N-dealkylation sites (tertiary alicyclic amines) is 1. The van der Waals surface area contributed by atoms with E-state index in [-0.39, 0.29) is 18.0 Å². The summed E-state index contributed by atoms with van der Waals surface area (Å²) in [6.45, 7) is 1.28. The van der Waals surface area contributed by atoms with E-state index < -0.39 is 0 Å². The third kappa shape index (κ3) is 2.91. The molecule has 0 unspecified atom stereocenters. The predicted octanol–water partition coefficient (Wildman–Crippen LogP) is 1.96. The summed E-state index contributed by atoms with van der Waals surface area (Å²) in [5.74, 6) is 0.360. The maximum absolute atomic E-state index is 12.7. The van der Waals surface area contributed by atoms with Gasteiger partial charge >= 0.3 is 6.03 Å². The fourth-order valence-electron chi connectivity index (χ4n) is 1.99. The van der Waals surface area contributed by atoms with E-state index in [1.165, 1.54) is 12.1 Å². The minimum Gasteiger partial charge on any atom is -0.489 e. The second-order valence-electron chi connectivity index (χ2n) is 4.61. The van der Waals surface area contributed by atoms with E-state index >= 15 is 0 Å². The first-order valence-corrected chi connectivity index (χ1v) is 5.94. The summed E-state index contributed by atoms with van der Waals surface area (Å²) in [6.07, 6.45) is 0.788. The molecule has 1 atom stereocenters. The van der Waals surface area contributed by atoms with Crippen molar-refractivity contribution < 1.29 is 13.9 Å². The molecule has 2 amide bonds. The normalized spacial score (nSPS) is 18.8. The van der Waals surface area contributed by atoms with Crippen molar-refractivity contribution in [3.63, 3.8) is 0 Å². The van der Waals surface area contributed by atoms with E-state index in [2.05, 4.69) is 0 Å². The van der Waals surface area contributed by atoms with Crippen molar-refractivity contribution in [3.8, 4) is 5.75 Å². The molecule has 1 saturated heterocycles. The number of urea groups is 1. The van der Waals surface area contributed by atoms with Crippen molar-refractivity contribution in [2.45, 2.75) is 12.5 Å². The van der Waals surface area contributed by atoms with Gasteiger partial charge in [0.05, 0.1) is 6.54 Å². The van der Waals surface area contributed by atoms with Crippen LogP contribution in [0, 0.1) is 5.82 Å². The standard InChI is InChI=1S/C13H17FN2O2/c1-15(2)13(17)16-8-7-12(9-16)18-11-5-3-10(14)4-6-11/h3-6,12H,7-9H2,1-2H3/t12-/m1/s1. The Labute approximate surface area is 106 Å². The largest absolute Gasteiger partial charge is 0.489 e. The molecule has 4 nitrogen and oxygen atoms in total. The molecule has 0 bridgehead atoms. The second-order valence-corrected chi connectivity index (χ2v) is 4.61. The lowest BCUT2D eigenvalue weighted by Gasteiger charge is -2.21. The van der Waals surface area contributed by atoms with Crippen LogP contribution in [-0.4, -0.2) is 49.1 Å². The quantitative estimate of drug-likeness (QED) is 0.806. The number of ether oxygens (including phenoxy) is 1. The molecule has 1 aromatic carbocycles. The van der Waals surface area contributed by atoms with Gasteiger partial charge in [-0.15, -0.1) is 0 Å². The molecule has 1 heterocycles. The van der Waals surface area contributed by atoms with Crippen LogP contribution in [0.1, 0.15) is 6.42 Å². The number of carbonyl (C=O) groups is 1. The molecule has 5 heteroatoms. The maximum atomic E-state index is 12.7. The molecule has 0 aliphatic carbocycles. The number of hydrogen-bond donors (Lipinski definition) is 0. The van der Waals surface area contributed by atoms with Gasteiger partial charge in [-0.3, -0.25) is 0 Å². The summed E-state index contributed by atoms with van der Waals surface area (Å²) < 4.78 is 18.5. The third-order valence-corrected chi connectivity index (χ3v) is 2.91. The Balaban J connectivity index is 1.90. The Hall–Kier alpha value is -1.78. The van der Waals surface area contributed by atoms with Crippen LogP contribution in [0.5, 0.6) is 5.75 Å². The minimum atomic E-state index is -0.279. The number of amides is 2. The zero-order valence-electron chi connectivity index (χ0n) is 10.6. The van der Waals surface area contributed by atoms with Gasteiger partial charge in [0, 0.05) is 27.1 Å². The van der Waals surface area contributed by atoms with Crippen molar-refractivity contribution in [1.82, 2.24) is 9.80 Å². The molecular weight excluding hydrogens is 235 g/mol. The molecule has 1 aliphatic rings. The molecule has 1 aromatic rings. The number of hydrogen-bond acceptors (Lipinski definition) is 2. The van der Waals surface area contributed by atoms with E-state index in [1.807, 2.05) is 0 Å². The topological polar surface area (TPSA) is 32.8 Å². The third-order valence-electron chi connectivity index (χ3n) is 2.91. The van der Waals surface area contributed by atoms with Crippen molar-refractivity contribution in [3.05, 3.63) is 30.1 Å². The Morgan fingerprint density at radius 2 is 2.06 bits per heavy atom. The van der Waals surface area contributed by atoms with Gasteiger partial charge in [-0.05, 0) is 24.3 Å². The summed E-state index contributed by atoms with van der Waals surface area (Å²) >= 11 is 0. The molecule has 0 saturated carbocycles. The fraction of sp³-hybridized carbons (Fsp3) is 0.462. The highest BCUT2D eigenvalue weighted by Gasteiger charge is 2.28. The van der Waals surface area contributed by atoms with Crippen molar-refractivity contribution in [1.29, 1.82) is 0 Å². The molecule has 0 N–H and O–H groups in total. The second kappa shape index (κ2) is 5.25. The van der Waals surface area contributed by atoms with Crippen molar-refractivity contribution in [2.24, 2.45) is 0 Å². The zero-order chi connectivity index (χ0) is 13.1. The molecule has 0 radical (unpaired) electrons. The summed E-state index contributed by atoms with van der Waals surface area (Å²) in [4.78, 5) is 15.0. The van der Waals surface area contributed by atoms with Gasteiger partial charge in [-0.25, -0.2) is 9.18 Å². The van der Waals surface area contributed by atoms with Gasteiger partial charge in [-0.1, -0.05) is 0 Å². The fourth-order valence-corrected chi connectivity index (χ4v) is 1.99. The van der Waals surface area contributed by atoms with Crippen LogP contribution in [0.2, 0.25) is 0 Å². The van der Waals surface area contributed by atoms with E-state index in [0.717, 1.165) is 6.42 Å². The Morgan fingerprint density at radius 3 is 2.67 bits per heavy atom. The smallest absolute Gasteiger partial charge is 0.319 e. The first kappa shape index (κ1) is 12.7. The highest BCUT2D eigenvalue weighted by atomic mass is 19.1. The molecule has 18 heavy (non-hydrogen) atoms. The lowest BCUT2D eigenvalue weighted by atomic mass is 10.3. The molecule has 1 aliphatic heterocycles. The van der Waals surface area contributed by atoms with Gasteiger partial charge in [0.1, 0.15) is 17.7 Å². The maximum Gasteiger partial charge on any atom is 0.319 e. The lowest BCUT2D eigenvalue weighted by Crippen LogP contribution is -2.38. The van der Waals surface area contributed by atoms with E-state index in [0.29, 0.717) is 18.8 Å². The average Bonchev–Trinajstić information content (AvgIpc) is 2.79. The molecule has 0 spiro atoms. The van der Waals surface area contributed by atoms with Crippen LogP contribution in [-0.2, 0) is 0 Å². The van der Waals surface area contributed by atoms with Crippen LogP contribution in [0.3, 0.4) is 0 Å². The van der Waals surface area contributed by atoms with E-state index in [4.69, 9.17) is 4.74 Å². The van der Waals surface area contributed by atoms with Gasteiger partial charge in [0.25, 0.3) is 0 Å². The van der Waals surface area contributed by atoms with Crippen LogP contribution in [0.25, 0.3) is 0 Å². The SMILES string of the molecule is CN(C)C(=O)N1CC[C@@H](Oc2ccc(F)cc2)C1. The first-order chi connectivity index (χ1) is 8.56. The van der Waals surface area contributed by atoms with E-state index in [9.17, 15) is 9.18 Å². The van der Waals surface area contributed by atoms with Crippen molar-refractivity contribution >= 4 is 6.03 Å². The van der Waals surface area contributed by atoms with Gasteiger partial charge in [-0.2, -0.15) is 0 Å². The Bertz CT molecular complexity index is 420. The van der Waals surface area contributed by atoms with E-state index in [1.54, 1.807) is 36.0 Å².